The van der Waals surface area contributed by atoms with E-state index in [0.29, 0.717) is 11.6 Å². The summed E-state index contributed by atoms with van der Waals surface area (Å²) in [6.45, 7) is 0.318. The van der Waals surface area contributed by atoms with Crippen molar-refractivity contribution in [3.8, 4) is 17.6 Å². The Labute approximate surface area is 76.0 Å². The minimum absolute atomic E-state index is 0.0648. The zero-order valence-electron chi connectivity index (χ0n) is 6.34. The minimum Gasteiger partial charge on any atom is -0.506 e. The van der Waals surface area contributed by atoms with Crippen LogP contribution in [0.1, 0.15) is 5.56 Å². The molecule has 0 fully saturated rings. The summed E-state index contributed by atoms with van der Waals surface area (Å²) in [6.07, 6.45) is 0. The lowest BCUT2D eigenvalue weighted by molar-refractivity contribution is 0.475. The van der Waals surface area contributed by atoms with E-state index in [0.717, 1.165) is 5.56 Å². The van der Waals surface area contributed by atoms with Crippen LogP contribution in [0.3, 0.4) is 0 Å². The Bertz CT molecular complexity index is 338. The molecule has 0 spiro atoms. The third-order valence-corrected chi connectivity index (χ3v) is 1.59. The summed E-state index contributed by atoms with van der Waals surface area (Å²) >= 11 is 5.64. The van der Waals surface area contributed by atoms with Gasteiger partial charge >= 0.3 is 0 Å². The van der Waals surface area contributed by atoms with Crippen LogP contribution >= 0.6 is 11.6 Å². The first-order valence-electron chi connectivity index (χ1n) is 3.41. The van der Waals surface area contributed by atoms with Gasteiger partial charge in [0.2, 0.25) is 0 Å². The maximum Gasteiger partial charge on any atom is 0.134 e. The summed E-state index contributed by atoms with van der Waals surface area (Å²) < 4.78 is 0. The van der Waals surface area contributed by atoms with Gasteiger partial charge in [0.15, 0.2) is 0 Å². The van der Waals surface area contributed by atoms with E-state index in [1.807, 2.05) is 0 Å². The van der Waals surface area contributed by atoms with Crippen LogP contribution in [0.15, 0.2) is 18.2 Å². The lowest BCUT2D eigenvalue weighted by Gasteiger charge is -1.95. The highest BCUT2D eigenvalue weighted by Crippen LogP contribution is 2.22. The van der Waals surface area contributed by atoms with Gasteiger partial charge in [0.05, 0.1) is 11.6 Å². The van der Waals surface area contributed by atoms with Crippen molar-refractivity contribution in [1.29, 1.82) is 0 Å². The molecule has 1 rings (SSSR count). The Morgan fingerprint density at radius 1 is 1.50 bits per heavy atom. The van der Waals surface area contributed by atoms with Gasteiger partial charge < -0.3 is 10.8 Å². The number of benzene rings is 1. The fourth-order valence-electron chi connectivity index (χ4n) is 0.738. The van der Waals surface area contributed by atoms with Crippen LogP contribution in [0.5, 0.6) is 5.75 Å². The van der Waals surface area contributed by atoms with Crippen LogP contribution in [0.25, 0.3) is 0 Å². The maximum absolute atomic E-state index is 9.06. The lowest BCUT2D eigenvalue weighted by Crippen LogP contribution is -1.92. The van der Waals surface area contributed by atoms with E-state index >= 15 is 0 Å². The Hall–Kier alpha value is -1.17. The van der Waals surface area contributed by atoms with E-state index in [1.165, 1.54) is 6.07 Å². The normalized spacial score (nSPS) is 8.83. The van der Waals surface area contributed by atoms with E-state index in [9.17, 15) is 0 Å². The molecular formula is C9H8ClNO. The molecule has 0 saturated heterocycles. The van der Waals surface area contributed by atoms with Crippen molar-refractivity contribution in [3.63, 3.8) is 0 Å². The van der Waals surface area contributed by atoms with Gasteiger partial charge in [0.25, 0.3) is 0 Å². The number of hydrogen-bond donors (Lipinski definition) is 2. The minimum atomic E-state index is 0.0648. The summed E-state index contributed by atoms with van der Waals surface area (Å²) in [7, 11) is 0. The highest BCUT2D eigenvalue weighted by atomic mass is 35.5. The second-order valence-corrected chi connectivity index (χ2v) is 2.58. The van der Waals surface area contributed by atoms with Gasteiger partial charge in [-0.15, -0.1) is 0 Å². The number of rotatable bonds is 0. The average molecular weight is 182 g/mol. The van der Waals surface area contributed by atoms with Crippen molar-refractivity contribution in [2.45, 2.75) is 0 Å². The summed E-state index contributed by atoms with van der Waals surface area (Å²) in [5.74, 6) is 5.56. The van der Waals surface area contributed by atoms with Crippen molar-refractivity contribution in [1.82, 2.24) is 0 Å². The number of phenols is 1. The molecule has 0 amide bonds. The zero-order valence-corrected chi connectivity index (χ0v) is 7.10. The van der Waals surface area contributed by atoms with Crippen LogP contribution in [0.4, 0.5) is 0 Å². The van der Waals surface area contributed by atoms with Crippen LogP contribution in [0.2, 0.25) is 5.02 Å². The van der Waals surface area contributed by atoms with Gasteiger partial charge in [0.1, 0.15) is 5.75 Å². The summed E-state index contributed by atoms with van der Waals surface area (Å²) in [5, 5.41) is 9.37. The molecule has 3 heteroatoms. The van der Waals surface area contributed by atoms with Gasteiger partial charge in [-0.05, 0) is 18.2 Å². The molecular weight excluding hydrogens is 174 g/mol. The van der Waals surface area contributed by atoms with E-state index < -0.39 is 0 Å². The molecule has 0 aliphatic carbocycles. The summed E-state index contributed by atoms with van der Waals surface area (Å²) in [5.41, 5.74) is 5.94. The molecule has 0 bridgehead atoms. The van der Waals surface area contributed by atoms with E-state index in [4.69, 9.17) is 22.4 Å². The van der Waals surface area contributed by atoms with E-state index in [-0.39, 0.29) is 5.75 Å². The van der Waals surface area contributed by atoms with Crippen molar-refractivity contribution >= 4 is 11.6 Å². The number of aromatic hydroxyl groups is 1. The van der Waals surface area contributed by atoms with Gasteiger partial charge in [-0.2, -0.15) is 0 Å². The fourth-order valence-corrected chi connectivity index (χ4v) is 0.918. The third-order valence-electron chi connectivity index (χ3n) is 1.28. The molecule has 0 aromatic heterocycles. The Kier molecular flexibility index (Phi) is 2.98. The average Bonchev–Trinajstić information content (AvgIpc) is 2.07. The van der Waals surface area contributed by atoms with Crippen molar-refractivity contribution < 1.29 is 5.11 Å². The SMILES string of the molecule is NCC#Cc1ccc(O)c(Cl)c1. The molecule has 3 N–H and O–H groups in total. The number of nitrogens with two attached hydrogens (primary N) is 1. The largest absolute Gasteiger partial charge is 0.506 e. The second-order valence-electron chi connectivity index (χ2n) is 2.17. The van der Waals surface area contributed by atoms with Crippen molar-refractivity contribution in [3.05, 3.63) is 28.8 Å². The smallest absolute Gasteiger partial charge is 0.134 e. The highest BCUT2D eigenvalue weighted by Gasteiger charge is 1.96. The molecule has 62 valence electrons. The van der Waals surface area contributed by atoms with Gasteiger partial charge in [0, 0.05) is 5.56 Å². The summed E-state index contributed by atoms with van der Waals surface area (Å²) in [6, 6.07) is 4.78. The number of halogens is 1. The second kappa shape index (κ2) is 4.01. The number of phenolic OH excluding ortho intramolecular Hbond substituents is 1. The predicted molar refractivity (Wildman–Crippen MR) is 49.0 cm³/mol. The van der Waals surface area contributed by atoms with Crippen LogP contribution in [0, 0.1) is 11.8 Å². The van der Waals surface area contributed by atoms with Gasteiger partial charge in [-0.25, -0.2) is 0 Å². The molecule has 0 atom stereocenters. The Morgan fingerprint density at radius 2 is 2.25 bits per heavy atom. The lowest BCUT2D eigenvalue weighted by atomic mass is 10.2. The molecule has 0 heterocycles. The molecule has 1 aromatic carbocycles. The molecule has 2 nitrogen and oxygen atoms in total. The third kappa shape index (κ3) is 2.16. The van der Waals surface area contributed by atoms with Crippen LogP contribution < -0.4 is 5.73 Å². The highest BCUT2D eigenvalue weighted by molar-refractivity contribution is 6.32. The predicted octanol–water partition coefficient (Wildman–Crippen LogP) is 1.36. The fraction of sp³-hybridized carbons (Fsp3) is 0.111. The molecule has 12 heavy (non-hydrogen) atoms. The molecule has 0 unspecified atom stereocenters. The Balaban J connectivity index is 2.97. The number of hydrogen-bond acceptors (Lipinski definition) is 2. The molecule has 0 aliphatic heterocycles. The monoisotopic (exact) mass is 181 g/mol. The molecule has 1 aromatic rings. The first-order chi connectivity index (χ1) is 5.74. The molecule has 0 saturated carbocycles. The quantitative estimate of drug-likeness (QED) is 0.594. The van der Waals surface area contributed by atoms with Crippen LogP contribution in [-0.4, -0.2) is 11.7 Å². The molecule has 0 radical (unpaired) electrons. The Morgan fingerprint density at radius 3 is 2.83 bits per heavy atom. The van der Waals surface area contributed by atoms with E-state index in [1.54, 1.807) is 12.1 Å². The van der Waals surface area contributed by atoms with Crippen molar-refractivity contribution in [2.24, 2.45) is 5.73 Å². The maximum atomic E-state index is 9.06. The first kappa shape index (κ1) is 8.92. The van der Waals surface area contributed by atoms with E-state index in [2.05, 4.69) is 11.8 Å². The van der Waals surface area contributed by atoms with Crippen molar-refractivity contribution in [2.75, 3.05) is 6.54 Å². The van der Waals surface area contributed by atoms with Crippen LogP contribution in [-0.2, 0) is 0 Å². The standard InChI is InChI=1S/C9H8ClNO/c10-8-6-7(2-1-5-11)3-4-9(8)12/h3-4,6,12H,5,11H2. The van der Waals surface area contributed by atoms with Gasteiger partial charge in [-0.1, -0.05) is 23.4 Å². The zero-order chi connectivity index (χ0) is 8.97. The van der Waals surface area contributed by atoms with Gasteiger partial charge in [-0.3, -0.25) is 0 Å². The molecule has 0 aliphatic rings. The summed E-state index contributed by atoms with van der Waals surface area (Å²) in [4.78, 5) is 0. The topological polar surface area (TPSA) is 46.2 Å². The first-order valence-corrected chi connectivity index (χ1v) is 3.79.